The van der Waals surface area contributed by atoms with Crippen LogP contribution in [-0.4, -0.2) is 20.4 Å². The van der Waals surface area contributed by atoms with Gasteiger partial charge in [0.2, 0.25) is 0 Å². The topological polar surface area (TPSA) is 54.0 Å². The smallest absolute Gasteiger partial charge is 0.496 e. The Morgan fingerprint density at radius 2 is 1.75 bits per heavy atom. The van der Waals surface area contributed by atoms with Gasteiger partial charge in [0.15, 0.2) is 0 Å². The molecule has 0 atom stereocenters. The molecule has 0 bridgehead atoms. The molecule has 2 aromatic carbocycles. The molecule has 0 unspecified atom stereocenters. The van der Waals surface area contributed by atoms with Gasteiger partial charge in [-0.05, 0) is 30.2 Å². The maximum atomic E-state index is 14.0. The number of hydrogen-bond donors (Lipinski definition) is 0. The Morgan fingerprint density at radius 1 is 1.07 bits per heavy atom. The predicted octanol–water partition coefficient (Wildman–Crippen LogP) is 5.14. The first kappa shape index (κ1) is 21.3. The molecule has 2 rings (SSSR count). The number of aryl methyl sites for hydroxylation is 1. The highest BCUT2D eigenvalue weighted by molar-refractivity contribution is 5.65. The average molecular weight is 402 g/mol. The van der Waals surface area contributed by atoms with Gasteiger partial charge >= 0.3 is 12.3 Å². The Labute approximate surface area is 158 Å². The van der Waals surface area contributed by atoms with Crippen molar-refractivity contribution in [2.24, 2.45) is 0 Å². The lowest BCUT2D eigenvalue weighted by Crippen LogP contribution is -2.13. The third kappa shape index (κ3) is 4.85. The Balaban J connectivity index is 2.41. The molecule has 0 N–H and O–H groups in total. The van der Waals surface area contributed by atoms with Crippen LogP contribution in [0, 0.1) is 5.82 Å². The molecule has 5 nitrogen and oxygen atoms in total. The number of hydrogen-bond acceptors (Lipinski definition) is 5. The molecule has 0 aliphatic carbocycles. The Morgan fingerprint density at radius 3 is 2.32 bits per heavy atom. The molecule has 0 aliphatic rings. The Bertz CT molecular complexity index is 849. The van der Waals surface area contributed by atoms with Crippen LogP contribution in [0.25, 0.3) is 0 Å². The van der Waals surface area contributed by atoms with Gasteiger partial charge in [-0.3, -0.25) is 0 Å². The highest BCUT2D eigenvalue weighted by atomic mass is 19.4. The summed E-state index contributed by atoms with van der Waals surface area (Å²) in [5.41, 5.74) is -1.02. The number of ether oxygens (including phenoxy) is 4. The summed E-state index contributed by atoms with van der Waals surface area (Å²) >= 11 is 0. The molecule has 0 radical (unpaired) electrons. The van der Waals surface area contributed by atoms with Crippen LogP contribution in [0.1, 0.15) is 23.6 Å². The van der Waals surface area contributed by atoms with Crippen molar-refractivity contribution in [1.29, 1.82) is 0 Å². The van der Waals surface area contributed by atoms with Crippen molar-refractivity contribution in [3.05, 3.63) is 52.8 Å². The van der Waals surface area contributed by atoms with Gasteiger partial charge in [0.25, 0.3) is 0 Å². The maximum Gasteiger partial charge on any atom is 0.513 e. The van der Waals surface area contributed by atoms with Crippen LogP contribution in [0.2, 0.25) is 0 Å². The van der Waals surface area contributed by atoms with Gasteiger partial charge in [0.05, 0.1) is 25.3 Å². The molecule has 0 aliphatic heterocycles. The van der Waals surface area contributed by atoms with Gasteiger partial charge in [-0.25, -0.2) is 9.18 Å². The number of benzene rings is 2. The predicted molar refractivity (Wildman–Crippen MR) is 91.1 cm³/mol. The van der Waals surface area contributed by atoms with E-state index in [1.54, 1.807) is 6.92 Å². The molecule has 0 heterocycles. The van der Waals surface area contributed by atoms with Gasteiger partial charge in [0.1, 0.15) is 29.7 Å². The second kappa shape index (κ2) is 8.81. The third-order valence-electron chi connectivity index (χ3n) is 3.88. The minimum absolute atomic E-state index is 0.0228. The summed E-state index contributed by atoms with van der Waals surface area (Å²) in [4.78, 5) is 11.4. The zero-order valence-electron chi connectivity index (χ0n) is 15.4. The molecular formula is C19H18F4O5. The molecule has 2 aromatic rings. The van der Waals surface area contributed by atoms with Crippen LogP contribution in [-0.2, 0) is 23.9 Å². The van der Waals surface area contributed by atoms with Crippen LogP contribution < -0.4 is 14.2 Å². The lowest BCUT2D eigenvalue weighted by Gasteiger charge is -2.18. The van der Waals surface area contributed by atoms with E-state index in [1.165, 1.54) is 25.3 Å². The zero-order chi connectivity index (χ0) is 20.9. The lowest BCUT2D eigenvalue weighted by atomic mass is 10.1. The van der Waals surface area contributed by atoms with Crippen molar-refractivity contribution in [3.63, 3.8) is 0 Å². The Kier molecular flexibility index (Phi) is 6.71. The highest BCUT2D eigenvalue weighted by Crippen LogP contribution is 2.39. The fraction of sp³-hybridized carbons (Fsp3) is 0.316. The van der Waals surface area contributed by atoms with Gasteiger partial charge in [-0.1, -0.05) is 13.0 Å². The summed E-state index contributed by atoms with van der Waals surface area (Å²) in [7, 11) is 2.43. The van der Waals surface area contributed by atoms with E-state index in [2.05, 4.69) is 4.74 Å². The average Bonchev–Trinajstić information content (AvgIpc) is 2.65. The quantitative estimate of drug-likeness (QED) is 0.381. The number of halogens is 4. The van der Waals surface area contributed by atoms with Gasteiger partial charge in [0, 0.05) is 6.07 Å². The summed E-state index contributed by atoms with van der Waals surface area (Å²) in [6.07, 6.45) is -5.67. The largest absolute Gasteiger partial charge is 0.513 e. The maximum absolute atomic E-state index is 14.0. The fourth-order valence-corrected chi connectivity index (χ4v) is 2.47. The third-order valence-corrected chi connectivity index (χ3v) is 3.88. The molecule has 0 spiro atoms. The summed E-state index contributed by atoms with van der Waals surface area (Å²) in [5.74, 6) is -1.31. The minimum Gasteiger partial charge on any atom is -0.496 e. The van der Waals surface area contributed by atoms with E-state index in [0.29, 0.717) is 6.07 Å². The standard InChI is InChI=1S/C19H18F4O5/c1-4-11-8-13(19(21,22)23)17(9-14(11)20)27-10-12-15(25-2)6-5-7-16(12)28-18(24)26-3/h5-9H,4,10H2,1-3H3. The zero-order valence-corrected chi connectivity index (χ0v) is 15.4. The van der Waals surface area contributed by atoms with E-state index < -0.39 is 36.1 Å². The number of rotatable bonds is 6. The molecule has 0 saturated carbocycles. The van der Waals surface area contributed by atoms with Gasteiger partial charge in [-0.2, -0.15) is 13.2 Å². The van der Waals surface area contributed by atoms with E-state index >= 15 is 0 Å². The molecule has 0 aromatic heterocycles. The normalized spacial score (nSPS) is 11.1. The van der Waals surface area contributed by atoms with Crippen molar-refractivity contribution in [1.82, 2.24) is 0 Å². The van der Waals surface area contributed by atoms with E-state index in [1.807, 2.05) is 0 Å². The molecule has 0 fully saturated rings. The van der Waals surface area contributed by atoms with Crippen molar-refractivity contribution in [2.75, 3.05) is 14.2 Å². The number of carbonyl (C=O) groups is 1. The number of methoxy groups -OCH3 is 2. The van der Waals surface area contributed by atoms with Crippen LogP contribution in [0.3, 0.4) is 0 Å². The van der Waals surface area contributed by atoms with Crippen LogP contribution >= 0.6 is 0 Å². The monoisotopic (exact) mass is 402 g/mol. The van der Waals surface area contributed by atoms with Crippen molar-refractivity contribution in [3.8, 4) is 17.2 Å². The Hall–Kier alpha value is -2.97. The first-order valence-corrected chi connectivity index (χ1v) is 8.15. The van der Waals surface area contributed by atoms with Crippen molar-refractivity contribution < 1.29 is 41.3 Å². The van der Waals surface area contributed by atoms with E-state index in [4.69, 9.17) is 14.2 Å². The minimum atomic E-state index is -4.74. The van der Waals surface area contributed by atoms with E-state index in [-0.39, 0.29) is 29.0 Å². The van der Waals surface area contributed by atoms with Crippen molar-refractivity contribution >= 4 is 6.16 Å². The number of alkyl halides is 3. The summed E-state index contributed by atoms with van der Waals surface area (Å²) in [6, 6.07) is 5.83. The lowest BCUT2D eigenvalue weighted by molar-refractivity contribution is -0.139. The van der Waals surface area contributed by atoms with Crippen molar-refractivity contribution in [2.45, 2.75) is 26.1 Å². The van der Waals surface area contributed by atoms with E-state index in [9.17, 15) is 22.4 Å². The molecule has 152 valence electrons. The molecule has 9 heteroatoms. The fourth-order valence-electron chi connectivity index (χ4n) is 2.47. The second-order valence-electron chi connectivity index (χ2n) is 5.57. The summed E-state index contributed by atoms with van der Waals surface area (Å²) in [5, 5.41) is 0. The number of carbonyl (C=O) groups excluding carboxylic acids is 1. The molecule has 28 heavy (non-hydrogen) atoms. The van der Waals surface area contributed by atoms with E-state index in [0.717, 1.165) is 13.2 Å². The highest BCUT2D eigenvalue weighted by Gasteiger charge is 2.35. The summed E-state index contributed by atoms with van der Waals surface area (Å²) < 4.78 is 73.9. The molecule has 0 amide bonds. The van der Waals surface area contributed by atoms with Gasteiger partial charge < -0.3 is 18.9 Å². The SMILES string of the molecule is CCc1cc(C(F)(F)F)c(OCc2c(OC)cccc2OC(=O)OC)cc1F. The first-order valence-electron chi connectivity index (χ1n) is 8.15. The summed E-state index contributed by atoms with van der Waals surface area (Å²) in [6.45, 7) is 1.08. The van der Waals surface area contributed by atoms with Crippen LogP contribution in [0.15, 0.2) is 30.3 Å². The molecular weight excluding hydrogens is 384 g/mol. The van der Waals surface area contributed by atoms with Gasteiger partial charge in [-0.15, -0.1) is 0 Å². The first-order chi connectivity index (χ1) is 13.2. The van der Waals surface area contributed by atoms with Crippen LogP contribution in [0.4, 0.5) is 22.4 Å². The second-order valence-corrected chi connectivity index (χ2v) is 5.57. The molecule has 0 saturated heterocycles. The van der Waals surface area contributed by atoms with Crippen LogP contribution in [0.5, 0.6) is 17.2 Å².